The molecular weight excluding hydrogens is 451 g/mol. The molecule has 0 saturated heterocycles. The van der Waals surface area contributed by atoms with Gasteiger partial charge in [0.2, 0.25) is 0 Å². The number of nitrogens with zero attached hydrogens (tertiary/aromatic N) is 1. The van der Waals surface area contributed by atoms with Crippen molar-refractivity contribution in [2.24, 2.45) is 0 Å². The fourth-order valence-corrected chi connectivity index (χ4v) is 3.77. The summed E-state index contributed by atoms with van der Waals surface area (Å²) in [7, 11) is 3.07. The lowest BCUT2D eigenvalue weighted by Gasteiger charge is -2.15. The van der Waals surface area contributed by atoms with Crippen LogP contribution in [0.3, 0.4) is 0 Å². The lowest BCUT2D eigenvalue weighted by molar-refractivity contribution is -0.120. The van der Waals surface area contributed by atoms with Gasteiger partial charge in [-0.1, -0.05) is 35.3 Å². The van der Waals surface area contributed by atoms with Crippen LogP contribution in [0.4, 0.5) is 11.4 Å². The van der Waals surface area contributed by atoms with Gasteiger partial charge in [-0.2, -0.15) is 0 Å². The van der Waals surface area contributed by atoms with Crippen LogP contribution < -0.4 is 19.7 Å². The molecule has 0 saturated carbocycles. The van der Waals surface area contributed by atoms with Gasteiger partial charge in [0.15, 0.2) is 0 Å². The minimum atomic E-state index is -0.491. The van der Waals surface area contributed by atoms with E-state index in [0.717, 1.165) is 4.90 Å². The highest BCUT2D eigenvalue weighted by atomic mass is 35.5. The molecule has 0 fully saturated rings. The number of halogens is 2. The van der Waals surface area contributed by atoms with Crippen molar-refractivity contribution in [2.75, 3.05) is 24.4 Å². The number of carbonyl (C=O) groups excluding carboxylic acids is 2. The third-order valence-electron chi connectivity index (χ3n) is 4.97. The SMILES string of the molecule is COc1ccc(C2=C(Nc3ccc(OC)c(Cl)c3)C(=O)N(c3ccc(Cl)cc3)C2=O)cc1. The summed E-state index contributed by atoms with van der Waals surface area (Å²) in [4.78, 5) is 27.9. The van der Waals surface area contributed by atoms with E-state index in [2.05, 4.69) is 5.32 Å². The normalized spacial score (nSPS) is 13.6. The van der Waals surface area contributed by atoms with Gasteiger partial charge in [-0.3, -0.25) is 9.59 Å². The minimum absolute atomic E-state index is 0.136. The van der Waals surface area contributed by atoms with Crippen LogP contribution in [0.15, 0.2) is 72.4 Å². The molecule has 0 bridgehead atoms. The quantitative estimate of drug-likeness (QED) is 0.490. The predicted octanol–water partition coefficient (Wildman–Crippen LogP) is 5.41. The van der Waals surface area contributed by atoms with Crippen LogP contribution in [0.1, 0.15) is 5.56 Å². The van der Waals surface area contributed by atoms with Gasteiger partial charge in [0.05, 0.1) is 30.5 Å². The van der Waals surface area contributed by atoms with Crippen molar-refractivity contribution in [3.05, 3.63) is 88.0 Å². The maximum atomic E-state index is 13.4. The van der Waals surface area contributed by atoms with Gasteiger partial charge in [-0.25, -0.2) is 4.90 Å². The van der Waals surface area contributed by atoms with Crippen LogP contribution in [0.25, 0.3) is 5.57 Å². The van der Waals surface area contributed by atoms with Crippen LogP contribution >= 0.6 is 23.2 Å². The monoisotopic (exact) mass is 468 g/mol. The summed E-state index contributed by atoms with van der Waals surface area (Å²) in [5.74, 6) is 0.190. The molecule has 0 radical (unpaired) electrons. The van der Waals surface area contributed by atoms with E-state index in [1.54, 1.807) is 73.8 Å². The number of imide groups is 1. The van der Waals surface area contributed by atoms with Gasteiger partial charge in [-0.15, -0.1) is 0 Å². The molecule has 162 valence electrons. The Labute approximate surface area is 195 Å². The zero-order valence-corrected chi connectivity index (χ0v) is 18.7. The van der Waals surface area contributed by atoms with E-state index in [-0.39, 0.29) is 11.3 Å². The first-order valence-corrected chi connectivity index (χ1v) is 10.3. The summed E-state index contributed by atoms with van der Waals surface area (Å²) < 4.78 is 10.4. The molecule has 0 aliphatic carbocycles. The van der Waals surface area contributed by atoms with Gasteiger partial charge >= 0.3 is 0 Å². The number of methoxy groups -OCH3 is 2. The van der Waals surface area contributed by atoms with Gasteiger partial charge < -0.3 is 14.8 Å². The molecule has 0 atom stereocenters. The molecule has 3 aromatic carbocycles. The molecular formula is C24H18Cl2N2O4. The largest absolute Gasteiger partial charge is 0.497 e. The van der Waals surface area contributed by atoms with Crippen molar-refractivity contribution in [1.82, 2.24) is 0 Å². The topological polar surface area (TPSA) is 67.9 Å². The van der Waals surface area contributed by atoms with E-state index in [0.29, 0.717) is 38.5 Å². The summed E-state index contributed by atoms with van der Waals surface area (Å²) in [6.07, 6.45) is 0. The lowest BCUT2D eigenvalue weighted by Crippen LogP contribution is -2.32. The van der Waals surface area contributed by atoms with E-state index in [1.807, 2.05) is 0 Å². The number of hydrogen-bond acceptors (Lipinski definition) is 5. The zero-order valence-electron chi connectivity index (χ0n) is 17.2. The van der Waals surface area contributed by atoms with Crippen molar-refractivity contribution in [3.63, 3.8) is 0 Å². The Morgan fingerprint density at radius 3 is 2.09 bits per heavy atom. The van der Waals surface area contributed by atoms with Gasteiger partial charge in [-0.05, 0) is 60.2 Å². The molecule has 0 unspecified atom stereocenters. The van der Waals surface area contributed by atoms with Crippen molar-refractivity contribution >= 4 is 52.0 Å². The minimum Gasteiger partial charge on any atom is -0.497 e. The Kier molecular flexibility index (Phi) is 6.08. The third kappa shape index (κ3) is 4.02. The van der Waals surface area contributed by atoms with Gasteiger partial charge in [0, 0.05) is 10.7 Å². The van der Waals surface area contributed by atoms with Crippen molar-refractivity contribution in [3.8, 4) is 11.5 Å². The highest BCUT2D eigenvalue weighted by Gasteiger charge is 2.40. The van der Waals surface area contributed by atoms with E-state index >= 15 is 0 Å². The second-order valence-corrected chi connectivity index (χ2v) is 7.72. The highest BCUT2D eigenvalue weighted by Crippen LogP contribution is 2.36. The molecule has 0 spiro atoms. The number of nitrogens with one attached hydrogen (secondary N) is 1. The average Bonchev–Trinajstić information content (AvgIpc) is 3.04. The summed E-state index contributed by atoms with van der Waals surface area (Å²) in [6.45, 7) is 0. The second-order valence-electron chi connectivity index (χ2n) is 6.87. The van der Waals surface area contributed by atoms with E-state index < -0.39 is 11.8 Å². The summed E-state index contributed by atoms with van der Waals surface area (Å²) in [5, 5.41) is 3.94. The molecule has 1 heterocycles. The maximum absolute atomic E-state index is 13.4. The first-order valence-electron chi connectivity index (χ1n) is 9.56. The molecule has 1 aliphatic rings. The summed E-state index contributed by atoms with van der Waals surface area (Å²) in [6, 6.07) is 18.4. The smallest absolute Gasteiger partial charge is 0.282 e. The van der Waals surface area contributed by atoms with Crippen molar-refractivity contribution < 1.29 is 19.1 Å². The standard InChI is InChI=1S/C24H18Cl2N2O4/c1-31-18-10-3-14(4-11-18)21-22(27-16-7-12-20(32-2)19(26)13-16)24(30)28(23(21)29)17-8-5-15(25)6-9-17/h3-13,27H,1-2H3. The van der Waals surface area contributed by atoms with Gasteiger partial charge in [0.25, 0.3) is 11.8 Å². The second kappa shape index (κ2) is 8.94. The Morgan fingerprint density at radius 1 is 0.812 bits per heavy atom. The maximum Gasteiger partial charge on any atom is 0.282 e. The number of rotatable bonds is 6. The number of benzene rings is 3. The first kappa shape index (κ1) is 21.7. The number of anilines is 2. The molecule has 1 N–H and O–H groups in total. The molecule has 8 heteroatoms. The number of hydrogen-bond donors (Lipinski definition) is 1. The van der Waals surface area contributed by atoms with Crippen LogP contribution in [0.2, 0.25) is 10.0 Å². The number of carbonyl (C=O) groups is 2. The Hall–Kier alpha value is -3.48. The fourth-order valence-electron chi connectivity index (χ4n) is 3.38. The van der Waals surface area contributed by atoms with Crippen LogP contribution in [0.5, 0.6) is 11.5 Å². The van der Waals surface area contributed by atoms with Crippen LogP contribution in [-0.2, 0) is 9.59 Å². The summed E-state index contributed by atoms with van der Waals surface area (Å²) in [5.41, 5.74) is 1.90. The van der Waals surface area contributed by atoms with E-state index in [9.17, 15) is 9.59 Å². The fraction of sp³-hybridized carbons (Fsp3) is 0.0833. The number of amides is 2. The Bertz CT molecular complexity index is 1220. The molecule has 3 aromatic rings. The van der Waals surface area contributed by atoms with Crippen LogP contribution in [0, 0.1) is 0 Å². The van der Waals surface area contributed by atoms with Gasteiger partial charge in [0.1, 0.15) is 17.2 Å². The Morgan fingerprint density at radius 2 is 1.50 bits per heavy atom. The lowest BCUT2D eigenvalue weighted by atomic mass is 10.0. The van der Waals surface area contributed by atoms with Crippen molar-refractivity contribution in [2.45, 2.75) is 0 Å². The molecule has 2 amide bonds. The molecule has 4 rings (SSSR count). The van der Waals surface area contributed by atoms with Crippen LogP contribution in [-0.4, -0.2) is 26.0 Å². The Balaban J connectivity index is 1.80. The average molecular weight is 469 g/mol. The summed E-state index contributed by atoms with van der Waals surface area (Å²) >= 11 is 12.2. The highest BCUT2D eigenvalue weighted by molar-refractivity contribution is 6.46. The molecule has 32 heavy (non-hydrogen) atoms. The molecule has 6 nitrogen and oxygen atoms in total. The first-order chi connectivity index (χ1) is 15.4. The zero-order chi connectivity index (χ0) is 22.8. The molecule has 0 aromatic heterocycles. The third-order valence-corrected chi connectivity index (χ3v) is 5.52. The number of ether oxygens (including phenoxy) is 2. The van der Waals surface area contributed by atoms with E-state index in [1.165, 1.54) is 7.11 Å². The predicted molar refractivity (Wildman–Crippen MR) is 125 cm³/mol. The molecule has 1 aliphatic heterocycles. The van der Waals surface area contributed by atoms with E-state index in [4.69, 9.17) is 32.7 Å². The van der Waals surface area contributed by atoms with Crippen molar-refractivity contribution in [1.29, 1.82) is 0 Å².